The Morgan fingerprint density at radius 3 is 2.33 bits per heavy atom. The first kappa shape index (κ1) is 12.6. The summed E-state index contributed by atoms with van der Waals surface area (Å²) in [6, 6.07) is 9.20. The molecule has 0 fully saturated rings. The topological polar surface area (TPSA) is 24.1 Å². The van der Waals surface area contributed by atoms with E-state index in [-0.39, 0.29) is 0 Å². The summed E-state index contributed by atoms with van der Waals surface area (Å²) in [4.78, 5) is 1.35. The van der Waals surface area contributed by atoms with Gasteiger partial charge in [-0.2, -0.15) is 0 Å². The summed E-state index contributed by atoms with van der Waals surface area (Å²) in [6.07, 6.45) is 0. The van der Waals surface area contributed by atoms with Crippen molar-refractivity contribution >= 4 is 11.8 Å². The molecule has 2 N–H and O–H groups in total. The van der Waals surface area contributed by atoms with Crippen LogP contribution >= 0.6 is 11.8 Å². The van der Waals surface area contributed by atoms with Crippen LogP contribution in [-0.2, 0) is 0 Å². The van der Waals surface area contributed by atoms with Crippen molar-refractivity contribution in [2.75, 3.05) is 26.4 Å². The van der Waals surface area contributed by atoms with Gasteiger partial charge in [0.2, 0.25) is 0 Å². The van der Waals surface area contributed by atoms with Crippen molar-refractivity contribution in [3.63, 3.8) is 0 Å². The van der Waals surface area contributed by atoms with Gasteiger partial charge in [-0.1, -0.05) is 19.1 Å². The van der Waals surface area contributed by atoms with Crippen LogP contribution in [0.4, 0.5) is 0 Å². The maximum atomic E-state index is 3.30. The first-order valence-corrected chi connectivity index (χ1v) is 6.35. The number of hydrogen-bond acceptors (Lipinski definition) is 3. The number of nitrogens with one attached hydrogen (secondary N) is 2. The van der Waals surface area contributed by atoms with Crippen molar-refractivity contribution < 1.29 is 0 Å². The first-order chi connectivity index (χ1) is 7.31. The third-order valence-electron chi connectivity index (χ3n) is 2.35. The van der Waals surface area contributed by atoms with E-state index in [1.165, 1.54) is 10.5 Å². The number of likely N-dealkylation sites (N-methyl/N-ethyl adjacent to an activating group) is 2. The monoisotopic (exact) mass is 224 g/mol. The molecular formula is C12H20N2S. The average molecular weight is 224 g/mol. The van der Waals surface area contributed by atoms with E-state index in [4.69, 9.17) is 0 Å². The van der Waals surface area contributed by atoms with E-state index in [0.29, 0.717) is 6.04 Å². The molecule has 1 rings (SSSR count). The molecule has 1 aromatic carbocycles. The molecule has 0 aliphatic heterocycles. The molecule has 3 heteroatoms. The lowest BCUT2D eigenvalue weighted by Crippen LogP contribution is -2.27. The van der Waals surface area contributed by atoms with Crippen LogP contribution in [-0.4, -0.2) is 26.4 Å². The van der Waals surface area contributed by atoms with Crippen LogP contribution in [0.3, 0.4) is 0 Å². The highest BCUT2D eigenvalue weighted by Gasteiger charge is 2.06. The van der Waals surface area contributed by atoms with E-state index < -0.39 is 0 Å². The summed E-state index contributed by atoms with van der Waals surface area (Å²) in [7, 11) is 3.97. The van der Waals surface area contributed by atoms with Crippen LogP contribution in [0.15, 0.2) is 29.2 Å². The van der Waals surface area contributed by atoms with Crippen molar-refractivity contribution in [3.8, 4) is 0 Å². The quantitative estimate of drug-likeness (QED) is 0.725. The summed E-state index contributed by atoms with van der Waals surface area (Å²) in [5.74, 6) is 1.13. The van der Waals surface area contributed by atoms with Crippen molar-refractivity contribution in [3.05, 3.63) is 29.8 Å². The van der Waals surface area contributed by atoms with E-state index in [2.05, 4.69) is 41.8 Å². The normalized spacial score (nSPS) is 12.7. The fraction of sp³-hybridized carbons (Fsp3) is 0.500. The van der Waals surface area contributed by atoms with Gasteiger partial charge in [-0.3, -0.25) is 0 Å². The molecule has 0 saturated carbocycles. The van der Waals surface area contributed by atoms with Gasteiger partial charge in [0, 0.05) is 17.5 Å². The van der Waals surface area contributed by atoms with Crippen molar-refractivity contribution in [1.82, 2.24) is 10.6 Å². The SMILES string of the molecule is CCSc1ccc(C(CNC)NC)cc1. The summed E-state index contributed by atoms with van der Waals surface area (Å²) in [5, 5.41) is 6.49. The highest BCUT2D eigenvalue weighted by molar-refractivity contribution is 7.99. The summed E-state index contributed by atoms with van der Waals surface area (Å²) in [6.45, 7) is 3.13. The molecule has 0 amide bonds. The van der Waals surface area contributed by atoms with Crippen LogP contribution in [0, 0.1) is 0 Å². The van der Waals surface area contributed by atoms with Crippen LogP contribution in [0.25, 0.3) is 0 Å². The molecule has 0 heterocycles. The van der Waals surface area contributed by atoms with Gasteiger partial charge in [-0.15, -0.1) is 11.8 Å². The highest BCUT2D eigenvalue weighted by Crippen LogP contribution is 2.20. The predicted molar refractivity (Wildman–Crippen MR) is 68.6 cm³/mol. The van der Waals surface area contributed by atoms with E-state index in [1.807, 2.05) is 25.9 Å². The Hall–Kier alpha value is -0.510. The summed E-state index contributed by atoms with van der Waals surface area (Å²) >= 11 is 1.88. The molecule has 0 saturated heterocycles. The number of thioether (sulfide) groups is 1. The molecule has 0 spiro atoms. The van der Waals surface area contributed by atoms with Gasteiger partial charge in [0.1, 0.15) is 0 Å². The maximum absolute atomic E-state index is 3.30. The van der Waals surface area contributed by atoms with E-state index in [1.54, 1.807) is 0 Å². The summed E-state index contributed by atoms with van der Waals surface area (Å²) < 4.78 is 0. The molecular weight excluding hydrogens is 204 g/mol. The van der Waals surface area contributed by atoms with Gasteiger partial charge in [-0.05, 0) is 37.5 Å². The fourth-order valence-electron chi connectivity index (χ4n) is 1.55. The Bertz CT molecular complexity index is 271. The molecule has 0 radical (unpaired) electrons. The molecule has 0 aliphatic rings. The molecule has 15 heavy (non-hydrogen) atoms. The average Bonchev–Trinajstić information content (AvgIpc) is 2.28. The maximum Gasteiger partial charge on any atom is 0.0444 e. The Morgan fingerprint density at radius 1 is 1.20 bits per heavy atom. The second kappa shape index (κ2) is 6.88. The Kier molecular flexibility index (Phi) is 5.76. The molecule has 1 unspecified atom stereocenters. The minimum absolute atomic E-state index is 0.399. The molecule has 1 aromatic rings. The third-order valence-corrected chi connectivity index (χ3v) is 3.24. The Balaban J connectivity index is 2.68. The first-order valence-electron chi connectivity index (χ1n) is 5.36. The van der Waals surface area contributed by atoms with E-state index in [9.17, 15) is 0 Å². The van der Waals surface area contributed by atoms with Crippen LogP contribution in [0.5, 0.6) is 0 Å². The van der Waals surface area contributed by atoms with Gasteiger partial charge in [0.25, 0.3) is 0 Å². The Morgan fingerprint density at radius 2 is 1.87 bits per heavy atom. The van der Waals surface area contributed by atoms with Gasteiger partial charge < -0.3 is 10.6 Å². The molecule has 84 valence electrons. The molecule has 2 nitrogen and oxygen atoms in total. The second-order valence-corrected chi connectivity index (χ2v) is 4.74. The van der Waals surface area contributed by atoms with Crippen LogP contribution in [0.1, 0.15) is 18.5 Å². The Labute approximate surface area is 96.8 Å². The highest BCUT2D eigenvalue weighted by atomic mass is 32.2. The zero-order chi connectivity index (χ0) is 11.1. The number of hydrogen-bond donors (Lipinski definition) is 2. The van der Waals surface area contributed by atoms with Crippen molar-refractivity contribution in [2.24, 2.45) is 0 Å². The standard InChI is InChI=1S/C12H20N2S/c1-4-15-11-7-5-10(6-8-11)12(14-3)9-13-2/h5-8,12-14H,4,9H2,1-3H3. The van der Waals surface area contributed by atoms with Crippen LogP contribution in [0.2, 0.25) is 0 Å². The minimum atomic E-state index is 0.399. The van der Waals surface area contributed by atoms with Crippen molar-refractivity contribution in [1.29, 1.82) is 0 Å². The minimum Gasteiger partial charge on any atom is -0.318 e. The van der Waals surface area contributed by atoms with E-state index in [0.717, 1.165) is 12.3 Å². The molecule has 0 aliphatic carbocycles. The molecule has 1 atom stereocenters. The fourth-order valence-corrected chi connectivity index (χ4v) is 2.22. The lowest BCUT2D eigenvalue weighted by molar-refractivity contribution is 0.558. The lowest BCUT2D eigenvalue weighted by Gasteiger charge is -2.16. The molecule has 0 bridgehead atoms. The number of rotatable bonds is 6. The second-order valence-electron chi connectivity index (χ2n) is 3.40. The molecule has 0 aromatic heterocycles. The van der Waals surface area contributed by atoms with Gasteiger partial charge >= 0.3 is 0 Å². The van der Waals surface area contributed by atoms with Gasteiger partial charge in [0.05, 0.1) is 0 Å². The van der Waals surface area contributed by atoms with Crippen LogP contribution < -0.4 is 10.6 Å². The largest absolute Gasteiger partial charge is 0.318 e. The van der Waals surface area contributed by atoms with Crippen molar-refractivity contribution in [2.45, 2.75) is 17.9 Å². The predicted octanol–water partition coefficient (Wildman–Crippen LogP) is 2.28. The third kappa shape index (κ3) is 3.86. The van der Waals surface area contributed by atoms with Gasteiger partial charge in [-0.25, -0.2) is 0 Å². The zero-order valence-electron chi connectivity index (χ0n) is 9.71. The number of benzene rings is 1. The smallest absolute Gasteiger partial charge is 0.0444 e. The van der Waals surface area contributed by atoms with E-state index >= 15 is 0 Å². The summed E-state index contributed by atoms with van der Waals surface area (Å²) in [5.41, 5.74) is 1.34. The lowest BCUT2D eigenvalue weighted by atomic mass is 10.1. The van der Waals surface area contributed by atoms with Gasteiger partial charge in [0.15, 0.2) is 0 Å². The zero-order valence-corrected chi connectivity index (χ0v) is 10.5.